The van der Waals surface area contributed by atoms with Crippen LogP contribution in [0.15, 0.2) is 30.3 Å². The number of hydrogen-bond donors (Lipinski definition) is 0. The van der Waals surface area contributed by atoms with Crippen LogP contribution in [0.3, 0.4) is 0 Å². The van der Waals surface area contributed by atoms with E-state index in [9.17, 15) is 0 Å². The summed E-state index contributed by atoms with van der Waals surface area (Å²) >= 11 is 5.65. The molecule has 0 saturated heterocycles. The Kier molecular flexibility index (Phi) is 5.06. The maximum absolute atomic E-state index is 8.61. The van der Waals surface area contributed by atoms with E-state index in [1.165, 1.54) is 5.56 Å². The molecule has 0 spiro atoms. The molecule has 0 heterocycles. The summed E-state index contributed by atoms with van der Waals surface area (Å²) in [6.07, 6.45) is 0. The molecule has 14 heavy (non-hydrogen) atoms. The average Bonchev–Trinajstić information content (AvgIpc) is 2.20. The van der Waals surface area contributed by atoms with Crippen molar-refractivity contribution in [2.24, 2.45) is 0 Å². The molecular weight excluding hydrogens is 196 g/mol. The lowest BCUT2D eigenvalue weighted by atomic mass is 10.2. The first kappa shape index (κ1) is 11.0. The number of nitriles is 1. The van der Waals surface area contributed by atoms with Crippen molar-refractivity contribution in [3.05, 3.63) is 35.9 Å². The van der Waals surface area contributed by atoms with E-state index in [2.05, 4.69) is 18.2 Å². The number of alkyl halides is 1. The van der Waals surface area contributed by atoms with Crippen LogP contribution in [0.25, 0.3) is 0 Å². The minimum Gasteiger partial charge on any atom is -0.285 e. The van der Waals surface area contributed by atoms with Gasteiger partial charge in [0, 0.05) is 19.0 Å². The van der Waals surface area contributed by atoms with Crippen LogP contribution in [-0.2, 0) is 6.54 Å². The normalized spacial score (nSPS) is 10.1. The third-order valence-electron chi connectivity index (χ3n) is 1.94. The first-order chi connectivity index (χ1) is 6.86. The SMILES string of the molecule is N#CCN(CCCl)Cc1ccccc1. The summed E-state index contributed by atoms with van der Waals surface area (Å²) in [5.74, 6) is 0.564. The Hall–Kier alpha value is -1.04. The average molecular weight is 209 g/mol. The number of rotatable bonds is 5. The molecule has 74 valence electrons. The zero-order valence-corrected chi connectivity index (χ0v) is 8.74. The van der Waals surface area contributed by atoms with E-state index in [0.717, 1.165) is 13.1 Å². The molecule has 2 nitrogen and oxygen atoms in total. The first-order valence-corrected chi connectivity index (χ1v) is 5.09. The molecule has 1 aromatic rings. The molecular formula is C11H13ClN2. The van der Waals surface area contributed by atoms with Gasteiger partial charge in [-0.15, -0.1) is 11.6 Å². The molecule has 0 saturated carbocycles. The fourth-order valence-corrected chi connectivity index (χ4v) is 1.51. The van der Waals surface area contributed by atoms with Crippen LogP contribution in [0.1, 0.15) is 5.56 Å². The summed E-state index contributed by atoms with van der Waals surface area (Å²) in [7, 11) is 0. The molecule has 0 aromatic heterocycles. The van der Waals surface area contributed by atoms with Gasteiger partial charge in [0.2, 0.25) is 0 Å². The Labute approximate surface area is 89.7 Å². The van der Waals surface area contributed by atoms with Crippen LogP contribution in [0.5, 0.6) is 0 Å². The van der Waals surface area contributed by atoms with Crippen molar-refractivity contribution < 1.29 is 0 Å². The van der Waals surface area contributed by atoms with Crippen LogP contribution in [0, 0.1) is 11.3 Å². The first-order valence-electron chi connectivity index (χ1n) is 4.56. The van der Waals surface area contributed by atoms with Gasteiger partial charge in [0.25, 0.3) is 0 Å². The van der Waals surface area contributed by atoms with Gasteiger partial charge in [0.05, 0.1) is 12.6 Å². The summed E-state index contributed by atoms with van der Waals surface area (Å²) in [6.45, 7) is 1.98. The highest BCUT2D eigenvalue weighted by molar-refractivity contribution is 6.18. The van der Waals surface area contributed by atoms with E-state index < -0.39 is 0 Å². The molecule has 0 atom stereocenters. The largest absolute Gasteiger partial charge is 0.285 e. The predicted octanol–water partition coefficient (Wildman–Crippen LogP) is 2.25. The lowest BCUT2D eigenvalue weighted by Crippen LogP contribution is -2.25. The second kappa shape index (κ2) is 6.42. The molecule has 0 aliphatic carbocycles. The molecule has 0 aliphatic rings. The van der Waals surface area contributed by atoms with E-state index in [-0.39, 0.29) is 0 Å². The molecule has 0 N–H and O–H groups in total. The Morgan fingerprint density at radius 2 is 2.00 bits per heavy atom. The Balaban J connectivity index is 2.52. The number of nitrogens with zero attached hydrogens (tertiary/aromatic N) is 2. The Morgan fingerprint density at radius 1 is 1.29 bits per heavy atom. The predicted molar refractivity (Wildman–Crippen MR) is 58.1 cm³/mol. The number of hydrogen-bond acceptors (Lipinski definition) is 2. The van der Waals surface area contributed by atoms with E-state index >= 15 is 0 Å². The van der Waals surface area contributed by atoms with Crippen molar-refractivity contribution in [2.45, 2.75) is 6.54 Å². The van der Waals surface area contributed by atoms with Crippen LogP contribution in [0.4, 0.5) is 0 Å². The van der Waals surface area contributed by atoms with Crippen LogP contribution in [-0.4, -0.2) is 23.9 Å². The fraction of sp³-hybridized carbons (Fsp3) is 0.364. The van der Waals surface area contributed by atoms with E-state index in [1.807, 2.05) is 23.1 Å². The molecule has 1 rings (SSSR count). The maximum Gasteiger partial charge on any atom is 0.0869 e. The van der Waals surface area contributed by atoms with E-state index in [4.69, 9.17) is 16.9 Å². The number of benzene rings is 1. The smallest absolute Gasteiger partial charge is 0.0869 e. The lowest BCUT2D eigenvalue weighted by Gasteiger charge is -2.17. The third-order valence-corrected chi connectivity index (χ3v) is 2.11. The van der Waals surface area contributed by atoms with Gasteiger partial charge in [-0.25, -0.2) is 0 Å². The van der Waals surface area contributed by atoms with Crippen molar-refractivity contribution >= 4 is 11.6 Å². The summed E-state index contributed by atoms with van der Waals surface area (Å²) in [5, 5.41) is 8.61. The zero-order chi connectivity index (χ0) is 10.2. The topological polar surface area (TPSA) is 27.0 Å². The van der Waals surface area contributed by atoms with Crippen molar-refractivity contribution in [3.63, 3.8) is 0 Å². The monoisotopic (exact) mass is 208 g/mol. The maximum atomic E-state index is 8.61. The summed E-state index contributed by atoms with van der Waals surface area (Å²) in [4.78, 5) is 2.03. The molecule has 0 bridgehead atoms. The van der Waals surface area contributed by atoms with Crippen molar-refractivity contribution in [1.29, 1.82) is 5.26 Å². The quantitative estimate of drug-likeness (QED) is 0.548. The molecule has 3 heteroatoms. The Bertz CT molecular complexity index is 292. The van der Waals surface area contributed by atoms with Crippen molar-refractivity contribution in [2.75, 3.05) is 19.0 Å². The van der Waals surface area contributed by atoms with E-state index in [0.29, 0.717) is 12.4 Å². The molecule has 0 fully saturated rings. The highest BCUT2D eigenvalue weighted by Crippen LogP contribution is 2.03. The third kappa shape index (κ3) is 3.78. The highest BCUT2D eigenvalue weighted by atomic mass is 35.5. The number of halogens is 1. The standard InChI is InChI=1S/C11H13ClN2/c12-6-8-14(9-7-13)10-11-4-2-1-3-5-11/h1-5H,6,8-10H2. The van der Waals surface area contributed by atoms with Gasteiger partial charge in [-0.05, 0) is 5.56 Å². The summed E-state index contributed by atoms with van der Waals surface area (Å²) in [6, 6.07) is 12.2. The van der Waals surface area contributed by atoms with Crippen molar-refractivity contribution in [3.8, 4) is 6.07 Å². The summed E-state index contributed by atoms with van der Waals surface area (Å²) in [5.41, 5.74) is 1.22. The fourth-order valence-electron chi connectivity index (χ4n) is 1.28. The van der Waals surface area contributed by atoms with Gasteiger partial charge in [0.15, 0.2) is 0 Å². The zero-order valence-electron chi connectivity index (χ0n) is 7.99. The van der Waals surface area contributed by atoms with Gasteiger partial charge in [0.1, 0.15) is 0 Å². The molecule has 1 aromatic carbocycles. The lowest BCUT2D eigenvalue weighted by molar-refractivity contribution is 0.316. The van der Waals surface area contributed by atoms with Crippen LogP contribution < -0.4 is 0 Å². The molecule has 0 radical (unpaired) electrons. The second-order valence-corrected chi connectivity index (χ2v) is 3.42. The van der Waals surface area contributed by atoms with Gasteiger partial charge < -0.3 is 0 Å². The Morgan fingerprint density at radius 3 is 2.57 bits per heavy atom. The van der Waals surface area contributed by atoms with Crippen molar-refractivity contribution in [1.82, 2.24) is 4.90 Å². The van der Waals surface area contributed by atoms with E-state index in [1.54, 1.807) is 0 Å². The van der Waals surface area contributed by atoms with Gasteiger partial charge in [-0.2, -0.15) is 5.26 Å². The minimum atomic E-state index is 0.432. The van der Waals surface area contributed by atoms with Crippen LogP contribution in [0.2, 0.25) is 0 Å². The molecule has 0 unspecified atom stereocenters. The van der Waals surface area contributed by atoms with Gasteiger partial charge >= 0.3 is 0 Å². The van der Waals surface area contributed by atoms with Crippen LogP contribution >= 0.6 is 11.6 Å². The highest BCUT2D eigenvalue weighted by Gasteiger charge is 2.03. The summed E-state index contributed by atoms with van der Waals surface area (Å²) < 4.78 is 0. The molecule has 0 aliphatic heterocycles. The second-order valence-electron chi connectivity index (χ2n) is 3.04. The van der Waals surface area contributed by atoms with Gasteiger partial charge in [-0.3, -0.25) is 4.90 Å². The molecule has 0 amide bonds. The van der Waals surface area contributed by atoms with Gasteiger partial charge in [-0.1, -0.05) is 30.3 Å². The minimum absolute atomic E-state index is 0.432.